The summed E-state index contributed by atoms with van der Waals surface area (Å²) in [6.07, 6.45) is 4.39. The minimum atomic E-state index is -1.47. The first kappa shape index (κ1) is 17.3. The van der Waals surface area contributed by atoms with E-state index in [1.165, 1.54) is 24.3 Å². The Morgan fingerprint density at radius 3 is 2.42 bits per heavy atom. The Morgan fingerprint density at radius 1 is 1.19 bits per heavy atom. The Labute approximate surface area is 150 Å². The zero-order chi connectivity index (χ0) is 18.9. The Morgan fingerprint density at radius 2 is 1.88 bits per heavy atom. The maximum Gasteiger partial charge on any atom is 0.269 e. The van der Waals surface area contributed by atoms with Gasteiger partial charge in [0.1, 0.15) is 5.92 Å². The Kier molecular flexibility index (Phi) is 4.28. The largest absolute Gasteiger partial charge is 0.269 e. The third-order valence-electron chi connectivity index (χ3n) is 5.47. The second-order valence-corrected chi connectivity index (χ2v) is 6.59. The molecule has 1 aromatic carbocycles. The summed E-state index contributed by atoms with van der Waals surface area (Å²) in [7, 11) is 0. The molecule has 0 heterocycles. The van der Waals surface area contributed by atoms with Gasteiger partial charge in [0.15, 0.2) is 11.1 Å². The molecule has 3 rings (SSSR count). The molecule has 2 N–H and O–H groups in total. The fourth-order valence-corrected chi connectivity index (χ4v) is 4.23. The number of nitro groups is 1. The number of benzene rings is 1. The molecule has 26 heavy (non-hydrogen) atoms. The number of non-ortho nitro benzene ring substituents is 1. The van der Waals surface area contributed by atoms with Crippen LogP contribution in [0.1, 0.15) is 24.8 Å². The molecule has 128 valence electrons. The zero-order valence-electron chi connectivity index (χ0n) is 13.9. The highest BCUT2D eigenvalue weighted by Crippen LogP contribution is 2.51. The molecule has 4 atom stereocenters. The van der Waals surface area contributed by atoms with E-state index < -0.39 is 22.2 Å². The van der Waals surface area contributed by atoms with E-state index in [1.807, 2.05) is 6.08 Å². The summed E-state index contributed by atoms with van der Waals surface area (Å²) in [4.78, 5) is 10.4. The molecule has 0 radical (unpaired) electrons. The van der Waals surface area contributed by atoms with Crippen molar-refractivity contribution in [2.24, 2.45) is 17.8 Å². The molecule has 7 nitrogen and oxygen atoms in total. The average Bonchev–Trinajstić information content (AvgIpc) is 2.67. The van der Waals surface area contributed by atoms with Gasteiger partial charge in [-0.25, -0.2) is 0 Å². The SMILES string of the molecule is N#C[C@H]1C(=[NH2+])[C@](C#N)(c2ccc([N+](=O)[O-])cc2)[C@H](C#N)[C@@H]2CCCC=C12. The van der Waals surface area contributed by atoms with Crippen molar-refractivity contribution in [1.29, 1.82) is 15.8 Å². The summed E-state index contributed by atoms with van der Waals surface area (Å²) in [5.74, 6) is -1.70. The van der Waals surface area contributed by atoms with Crippen molar-refractivity contribution in [3.8, 4) is 18.2 Å². The first-order chi connectivity index (χ1) is 12.5. The molecule has 0 spiro atoms. The third-order valence-corrected chi connectivity index (χ3v) is 5.47. The fourth-order valence-electron chi connectivity index (χ4n) is 4.23. The van der Waals surface area contributed by atoms with Crippen LogP contribution >= 0.6 is 0 Å². The summed E-state index contributed by atoms with van der Waals surface area (Å²) in [6.45, 7) is 0. The Bertz CT molecular complexity index is 929. The third kappa shape index (κ3) is 2.28. The van der Waals surface area contributed by atoms with Crippen LogP contribution < -0.4 is 5.41 Å². The van der Waals surface area contributed by atoms with Gasteiger partial charge < -0.3 is 0 Å². The minimum absolute atomic E-state index is 0.111. The topological polar surface area (TPSA) is 140 Å². The van der Waals surface area contributed by atoms with Crippen LogP contribution in [-0.2, 0) is 5.41 Å². The van der Waals surface area contributed by atoms with E-state index in [4.69, 9.17) is 5.41 Å². The van der Waals surface area contributed by atoms with Gasteiger partial charge in [-0.1, -0.05) is 6.08 Å². The van der Waals surface area contributed by atoms with Crippen LogP contribution in [0.3, 0.4) is 0 Å². The summed E-state index contributed by atoms with van der Waals surface area (Å²) >= 11 is 0. The van der Waals surface area contributed by atoms with E-state index in [1.54, 1.807) is 0 Å². The van der Waals surface area contributed by atoms with E-state index in [9.17, 15) is 25.9 Å². The highest BCUT2D eigenvalue weighted by Gasteiger charge is 2.60. The van der Waals surface area contributed by atoms with Crippen molar-refractivity contribution in [1.82, 2.24) is 0 Å². The lowest BCUT2D eigenvalue weighted by Gasteiger charge is -2.43. The monoisotopic (exact) mass is 346 g/mol. The van der Waals surface area contributed by atoms with Crippen LogP contribution in [0.15, 0.2) is 35.9 Å². The quantitative estimate of drug-likeness (QED) is 0.491. The smallest absolute Gasteiger partial charge is 0.258 e. The van der Waals surface area contributed by atoms with Gasteiger partial charge in [0.05, 0.1) is 29.0 Å². The molecule has 2 aliphatic carbocycles. The second kappa shape index (κ2) is 6.43. The van der Waals surface area contributed by atoms with E-state index in [2.05, 4.69) is 18.2 Å². The first-order valence-corrected chi connectivity index (χ1v) is 8.29. The summed E-state index contributed by atoms with van der Waals surface area (Å²) in [5, 5.41) is 46.9. The highest BCUT2D eigenvalue weighted by molar-refractivity contribution is 6.00. The number of hydrogen-bond donors (Lipinski definition) is 1. The minimum Gasteiger partial charge on any atom is -0.258 e. The average molecular weight is 346 g/mol. The number of nitriles is 3. The van der Waals surface area contributed by atoms with Gasteiger partial charge in [0.2, 0.25) is 0 Å². The number of nitrogens with zero attached hydrogens (tertiary/aromatic N) is 4. The molecule has 2 aliphatic rings. The number of rotatable bonds is 2. The van der Waals surface area contributed by atoms with E-state index in [0.717, 1.165) is 18.4 Å². The molecule has 1 fully saturated rings. The van der Waals surface area contributed by atoms with Gasteiger partial charge in [-0.15, -0.1) is 0 Å². The second-order valence-electron chi connectivity index (χ2n) is 6.59. The van der Waals surface area contributed by atoms with Gasteiger partial charge in [-0.05, 0) is 48.4 Å². The number of nitro benzene ring substituents is 1. The van der Waals surface area contributed by atoms with Gasteiger partial charge in [-0.3, -0.25) is 15.5 Å². The van der Waals surface area contributed by atoms with Crippen molar-refractivity contribution in [3.05, 3.63) is 51.6 Å². The summed E-state index contributed by atoms with van der Waals surface area (Å²) < 4.78 is 0. The predicted molar refractivity (Wildman–Crippen MR) is 90.9 cm³/mol. The van der Waals surface area contributed by atoms with Crippen molar-refractivity contribution in [3.63, 3.8) is 0 Å². The van der Waals surface area contributed by atoms with Crippen LogP contribution in [0.5, 0.6) is 0 Å². The number of hydrogen-bond acceptors (Lipinski definition) is 5. The van der Waals surface area contributed by atoms with Gasteiger partial charge in [-0.2, -0.15) is 15.8 Å². The molecule has 0 bridgehead atoms. The van der Waals surface area contributed by atoms with Crippen LogP contribution in [-0.4, -0.2) is 10.6 Å². The summed E-state index contributed by atoms with van der Waals surface area (Å²) in [5.41, 5.74) is -0.203. The Balaban J connectivity index is 2.22. The number of nitrogens with two attached hydrogens (primary N) is 1. The first-order valence-electron chi connectivity index (χ1n) is 8.29. The van der Waals surface area contributed by atoms with Crippen LogP contribution in [0.2, 0.25) is 0 Å². The van der Waals surface area contributed by atoms with Crippen LogP contribution in [0, 0.1) is 61.9 Å². The number of fused-ring (bicyclic) bond motifs is 1. The molecule has 0 aliphatic heterocycles. The molecule has 0 aromatic heterocycles. The van der Waals surface area contributed by atoms with Gasteiger partial charge in [0.25, 0.3) is 5.69 Å². The number of allylic oxidation sites excluding steroid dienone is 2. The van der Waals surface area contributed by atoms with Crippen molar-refractivity contribution >= 4 is 11.4 Å². The molecule has 7 heteroatoms. The zero-order valence-corrected chi connectivity index (χ0v) is 13.9. The molecule has 0 saturated heterocycles. The standard InChI is InChI=1S/C19H15N5O2/c20-9-16-14-3-1-2-4-15(14)17(10-21)19(11-22,18(16)23)12-5-7-13(8-6-12)24(25)26/h3,5-8,15-17,23H,1-2,4H2/p+1/t15-,16-,17-,19-/m1/s1. The molecular formula is C19H16N5O2+. The normalized spacial score (nSPS) is 30.1. The van der Waals surface area contributed by atoms with Crippen molar-refractivity contribution in [2.75, 3.05) is 0 Å². The molecule has 0 amide bonds. The van der Waals surface area contributed by atoms with Crippen molar-refractivity contribution in [2.45, 2.75) is 24.7 Å². The fraction of sp³-hybridized carbons (Fsp3) is 0.368. The van der Waals surface area contributed by atoms with E-state index in [-0.39, 0.29) is 17.3 Å². The molecule has 1 aromatic rings. The molecular weight excluding hydrogens is 330 g/mol. The highest BCUT2D eigenvalue weighted by atomic mass is 16.6. The maximum absolute atomic E-state index is 10.9. The van der Waals surface area contributed by atoms with E-state index in [0.29, 0.717) is 12.0 Å². The van der Waals surface area contributed by atoms with Gasteiger partial charge >= 0.3 is 0 Å². The Hall–Kier alpha value is -3.50. The van der Waals surface area contributed by atoms with Crippen LogP contribution in [0.25, 0.3) is 0 Å². The lowest BCUT2D eigenvalue weighted by atomic mass is 9.52. The van der Waals surface area contributed by atoms with Gasteiger partial charge in [0, 0.05) is 12.1 Å². The maximum atomic E-state index is 10.9. The molecule has 0 unspecified atom stereocenters. The lowest BCUT2D eigenvalue weighted by molar-refractivity contribution is -0.384. The van der Waals surface area contributed by atoms with Crippen LogP contribution in [0.4, 0.5) is 5.69 Å². The molecule has 1 saturated carbocycles. The van der Waals surface area contributed by atoms with E-state index >= 15 is 0 Å². The predicted octanol–water partition coefficient (Wildman–Crippen LogP) is 1.58. The lowest BCUT2D eigenvalue weighted by Crippen LogP contribution is -2.64. The summed E-state index contributed by atoms with van der Waals surface area (Å²) in [6, 6.07) is 12.1. The van der Waals surface area contributed by atoms with Crippen molar-refractivity contribution < 1.29 is 10.3 Å².